The summed E-state index contributed by atoms with van der Waals surface area (Å²) in [5, 5.41) is 3.11. The Hall–Kier alpha value is -1.12. The monoisotopic (exact) mass is 205 g/mol. The molecule has 1 aromatic rings. The Bertz CT molecular complexity index is 290. The summed E-state index contributed by atoms with van der Waals surface area (Å²) in [6.45, 7) is 1.71. The van der Waals surface area contributed by atoms with E-state index in [-0.39, 0.29) is 0 Å². The van der Waals surface area contributed by atoms with Crippen molar-refractivity contribution in [2.45, 2.75) is 13.0 Å². The predicted molar refractivity (Wildman–Crippen MR) is 64.7 cm³/mol. The van der Waals surface area contributed by atoms with E-state index in [2.05, 4.69) is 41.7 Å². The van der Waals surface area contributed by atoms with E-state index in [1.165, 1.54) is 11.1 Å². The highest BCUT2D eigenvalue weighted by atomic mass is 16.5. The molecule has 2 nitrogen and oxygen atoms in total. The lowest BCUT2D eigenvalue weighted by molar-refractivity contribution is 0.185. The molecule has 0 radical (unpaired) electrons. The van der Waals surface area contributed by atoms with Crippen LogP contribution in [0.5, 0.6) is 0 Å². The zero-order chi connectivity index (χ0) is 10.9. The van der Waals surface area contributed by atoms with Gasteiger partial charge in [0.1, 0.15) is 0 Å². The fraction of sp³-hybridized carbons (Fsp3) is 0.385. The van der Waals surface area contributed by atoms with E-state index in [1.807, 2.05) is 7.05 Å². The first-order valence-corrected chi connectivity index (χ1v) is 5.26. The van der Waals surface area contributed by atoms with E-state index in [4.69, 9.17) is 4.74 Å². The third kappa shape index (κ3) is 4.77. The minimum atomic E-state index is 0.684. The van der Waals surface area contributed by atoms with Crippen LogP contribution < -0.4 is 5.32 Å². The average molecular weight is 205 g/mol. The highest BCUT2D eigenvalue weighted by Crippen LogP contribution is 2.07. The maximum atomic E-state index is 5.05. The summed E-state index contributed by atoms with van der Waals surface area (Å²) in [7, 11) is 3.68. The van der Waals surface area contributed by atoms with Gasteiger partial charge in [0, 0.05) is 7.11 Å². The van der Waals surface area contributed by atoms with Gasteiger partial charge in [0.25, 0.3) is 0 Å². The van der Waals surface area contributed by atoms with Crippen molar-refractivity contribution in [3.05, 3.63) is 41.5 Å². The van der Waals surface area contributed by atoms with E-state index < -0.39 is 0 Å². The third-order valence-corrected chi connectivity index (χ3v) is 2.16. The Morgan fingerprint density at radius 2 is 2.00 bits per heavy atom. The molecule has 0 unspecified atom stereocenters. The van der Waals surface area contributed by atoms with Gasteiger partial charge < -0.3 is 10.1 Å². The van der Waals surface area contributed by atoms with Crippen molar-refractivity contribution in [3.63, 3.8) is 0 Å². The molecule has 82 valence electrons. The van der Waals surface area contributed by atoms with Gasteiger partial charge in [0.2, 0.25) is 0 Å². The fourth-order valence-electron chi connectivity index (χ4n) is 1.34. The average Bonchev–Trinajstić information content (AvgIpc) is 2.27. The maximum Gasteiger partial charge on any atom is 0.0713 e. The Morgan fingerprint density at radius 3 is 2.60 bits per heavy atom. The largest absolute Gasteiger partial charge is 0.380 e. The van der Waals surface area contributed by atoms with Crippen LogP contribution in [0.4, 0.5) is 0 Å². The smallest absolute Gasteiger partial charge is 0.0713 e. The molecule has 1 N–H and O–H groups in total. The number of rotatable bonds is 6. The lowest BCUT2D eigenvalue weighted by atomic mass is 10.1. The van der Waals surface area contributed by atoms with Gasteiger partial charge in [-0.25, -0.2) is 0 Å². The van der Waals surface area contributed by atoms with Gasteiger partial charge in [0.15, 0.2) is 0 Å². The molecule has 0 saturated carbocycles. The van der Waals surface area contributed by atoms with Crippen LogP contribution in [0.25, 0.3) is 6.08 Å². The molecule has 0 saturated heterocycles. The number of benzene rings is 1. The van der Waals surface area contributed by atoms with Crippen LogP contribution in [0.2, 0.25) is 0 Å². The summed E-state index contributed by atoms with van der Waals surface area (Å²) in [5.74, 6) is 0. The van der Waals surface area contributed by atoms with Crippen LogP contribution in [0.3, 0.4) is 0 Å². The van der Waals surface area contributed by atoms with Crippen molar-refractivity contribution in [2.24, 2.45) is 0 Å². The number of ether oxygens (including phenoxy) is 1. The summed E-state index contributed by atoms with van der Waals surface area (Å²) in [5.41, 5.74) is 2.45. The van der Waals surface area contributed by atoms with Crippen LogP contribution in [-0.2, 0) is 11.3 Å². The number of methoxy groups -OCH3 is 1. The summed E-state index contributed by atoms with van der Waals surface area (Å²) in [6, 6.07) is 8.43. The van der Waals surface area contributed by atoms with Gasteiger partial charge in [-0.2, -0.15) is 0 Å². The highest BCUT2D eigenvalue weighted by Gasteiger charge is 1.90. The van der Waals surface area contributed by atoms with E-state index in [0.717, 1.165) is 13.0 Å². The van der Waals surface area contributed by atoms with Crippen LogP contribution >= 0.6 is 0 Å². The van der Waals surface area contributed by atoms with Gasteiger partial charge in [-0.15, -0.1) is 0 Å². The Balaban J connectivity index is 2.45. The first kappa shape index (κ1) is 12.0. The molecule has 0 aliphatic heterocycles. The Labute approximate surface area is 92.0 Å². The number of hydrogen-bond donors (Lipinski definition) is 1. The molecule has 2 heteroatoms. The minimum Gasteiger partial charge on any atom is -0.380 e. The number of hydrogen-bond acceptors (Lipinski definition) is 2. The van der Waals surface area contributed by atoms with Crippen molar-refractivity contribution in [1.82, 2.24) is 5.32 Å². The summed E-state index contributed by atoms with van der Waals surface area (Å²) in [4.78, 5) is 0. The molecular formula is C13H19NO. The van der Waals surface area contributed by atoms with Gasteiger partial charge in [-0.05, 0) is 31.1 Å². The van der Waals surface area contributed by atoms with Crippen LogP contribution in [0, 0.1) is 0 Å². The van der Waals surface area contributed by atoms with Crippen LogP contribution in [-0.4, -0.2) is 20.7 Å². The lowest BCUT2D eigenvalue weighted by Gasteiger charge is -1.99. The molecule has 0 heterocycles. The van der Waals surface area contributed by atoms with Crippen molar-refractivity contribution >= 4 is 6.08 Å². The zero-order valence-corrected chi connectivity index (χ0v) is 9.49. The molecule has 0 atom stereocenters. The molecule has 0 aliphatic rings. The van der Waals surface area contributed by atoms with E-state index in [0.29, 0.717) is 6.61 Å². The summed E-state index contributed by atoms with van der Waals surface area (Å²) in [6.07, 6.45) is 5.39. The van der Waals surface area contributed by atoms with Crippen molar-refractivity contribution in [3.8, 4) is 0 Å². The fourth-order valence-corrected chi connectivity index (χ4v) is 1.34. The second-order valence-electron chi connectivity index (χ2n) is 3.47. The molecule has 0 spiro atoms. The molecule has 15 heavy (non-hydrogen) atoms. The predicted octanol–water partition coefficient (Wildman–Crippen LogP) is 2.46. The van der Waals surface area contributed by atoms with E-state index in [9.17, 15) is 0 Å². The van der Waals surface area contributed by atoms with E-state index in [1.54, 1.807) is 7.11 Å². The second kappa shape index (κ2) is 7.21. The normalized spacial score (nSPS) is 11.1. The highest BCUT2D eigenvalue weighted by molar-refractivity contribution is 5.49. The summed E-state index contributed by atoms with van der Waals surface area (Å²) < 4.78 is 5.05. The molecule has 0 aromatic heterocycles. The number of nitrogens with one attached hydrogen (secondary N) is 1. The SMILES string of the molecule is CNCCC=Cc1ccc(COC)cc1. The summed E-state index contributed by atoms with van der Waals surface area (Å²) >= 11 is 0. The lowest BCUT2D eigenvalue weighted by Crippen LogP contribution is -2.05. The third-order valence-electron chi connectivity index (χ3n) is 2.16. The Kier molecular flexibility index (Phi) is 5.74. The molecule has 0 amide bonds. The molecule has 1 rings (SSSR count). The molecule has 0 bridgehead atoms. The van der Waals surface area contributed by atoms with Crippen LogP contribution in [0.1, 0.15) is 17.5 Å². The van der Waals surface area contributed by atoms with E-state index >= 15 is 0 Å². The van der Waals surface area contributed by atoms with Crippen molar-refractivity contribution in [2.75, 3.05) is 20.7 Å². The van der Waals surface area contributed by atoms with Crippen LogP contribution in [0.15, 0.2) is 30.3 Å². The van der Waals surface area contributed by atoms with Gasteiger partial charge in [-0.1, -0.05) is 36.4 Å². The minimum absolute atomic E-state index is 0.684. The molecule has 1 aromatic carbocycles. The molecule has 0 fully saturated rings. The first-order chi connectivity index (χ1) is 7.36. The molecular weight excluding hydrogens is 186 g/mol. The van der Waals surface area contributed by atoms with Gasteiger partial charge >= 0.3 is 0 Å². The Morgan fingerprint density at radius 1 is 1.27 bits per heavy atom. The maximum absolute atomic E-state index is 5.05. The van der Waals surface area contributed by atoms with Gasteiger partial charge in [0.05, 0.1) is 6.61 Å². The topological polar surface area (TPSA) is 21.3 Å². The quantitative estimate of drug-likeness (QED) is 0.720. The molecule has 0 aliphatic carbocycles. The zero-order valence-electron chi connectivity index (χ0n) is 9.49. The first-order valence-electron chi connectivity index (χ1n) is 5.26. The standard InChI is InChI=1S/C13H19NO/c1-14-10-4-3-5-12-6-8-13(9-7-12)11-15-2/h3,5-9,14H,4,10-11H2,1-2H3. The second-order valence-corrected chi connectivity index (χ2v) is 3.47. The van der Waals surface area contributed by atoms with Gasteiger partial charge in [-0.3, -0.25) is 0 Å². The van der Waals surface area contributed by atoms with Crippen molar-refractivity contribution in [1.29, 1.82) is 0 Å². The van der Waals surface area contributed by atoms with Crippen molar-refractivity contribution < 1.29 is 4.74 Å².